The summed E-state index contributed by atoms with van der Waals surface area (Å²) in [4.78, 5) is 0.371. The Labute approximate surface area is 172 Å². The van der Waals surface area contributed by atoms with Crippen molar-refractivity contribution in [2.45, 2.75) is 76.9 Å². The lowest BCUT2D eigenvalue weighted by Crippen LogP contribution is -2.42. The first-order chi connectivity index (χ1) is 12.8. The number of benzene rings is 1. The zero-order chi connectivity index (χ0) is 20.9. The molecule has 4 nitrogen and oxygen atoms in total. The fourth-order valence-corrected chi connectivity index (χ4v) is 6.74. The minimum absolute atomic E-state index is 0.0817. The number of aryl methyl sites for hydroxylation is 1. The molecular weight excluding hydrogens is 386 g/mol. The smallest absolute Gasteiger partial charge is 0.264 e. The molecule has 0 spiro atoms. The van der Waals surface area contributed by atoms with Crippen molar-refractivity contribution in [3.05, 3.63) is 41.3 Å². The van der Waals surface area contributed by atoms with E-state index in [1.807, 2.05) is 19.1 Å². The Kier molecular flexibility index (Phi) is 5.52. The highest BCUT2D eigenvalue weighted by molar-refractivity contribution is 7.89. The van der Waals surface area contributed by atoms with Crippen LogP contribution in [-0.4, -0.2) is 27.6 Å². The highest BCUT2D eigenvalue weighted by Crippen LogP contribution is 2.48. The lowest BCUT2D eigenvalue weighted by atomic mass is 9.85. The summed E-state index contributed by atoms with van der Waals surface area (Å²) < 4.78 is 35.4. The Morgan fingerprint density at radius 2 is 1.75 bits per heavy atom. The number of rotatable bonds is 4. The van der Waals surface area contributed by atoms with Crippen LogP contribution in [0.5, 0.6) is 0 Å². The fourth-order valence-electron chi connectivity index (χ4n) is 3.95. The van der Waals surface area contributed by atoms with Crippen molar-refractivity contribution in [2.24, 2.45) is 11.8 Å². The van der Waals surface area contributed by atoms with Gasteiger partial charge in [-0.05, 0) is 55.9 Å². The Hall–Kier alpha value is -1.27. The lowest BCUT2D eigenvalue weighted by molar-refractivity contribution is 0.306. The highest BCUT2D eigenvalue weighted by Gasteiger charge is 2.47. The van der Waals surface area contributed by atoms with Crippen LogP contribution < -0.4 is 0 Å². The quantitative estimate of drug-likeness (QED) is 0.589. The van der Waals surface area contributed by atoms with Crippen molar-refractivity contribution in [3.63, 3.8) is 0 Å². The minimum Gasteiger partial charge on any atom is -0.545 e. The van der Waals surface area contributed by atoms with Gasteiger partial charge in [-0.3, -0.25) is 4.31 Å². The molecule has 1 aromatic rings. The van der Waals surface area contributed by atoms with Gasteiger partial charge in [0.1, 0.15) is 0 Å². The topological polar surface area (TPSA) is 46.6 Å². The number of sulfonamides is 1. The highest BCUT2D eigenvalue weighted by atomic mass is 32.2. The summed E-state index contributed by atoms with van der Waals surface area (Å²) in [6.45, 7) is 15.8. The summed E-state index contributed by atoms with van der Waals surface area (Å²) >= 11 is 0. The fraction of sp³-hybridized carbons (Fsp3) is 0.636. The van der Waals surface area contributed by atoms with Crippen LogP contribution in [0, 0.1) is 18.8 Å². The second-order valence-electron chi connectivity index (χ2n) is 10.00. The van der Waals surface area contributed by atoms with E-state index in [0.29, 0.717) is 17.4 Å². The van der Waals surface area contributed by atoms with Gasteiger partial charge in [0.15, 0.2) is 0 Å². The van der Waals surface area contributed by atoms with E-state index in [9.17, 15) is 8.42 Å². The Morgan fingerprint density at radius 1 is 1.14 bits per heavy atom. The third-order valence-corrected chi connectivity index (χ3v) is 12.9. The lowest BCUT2D eigenvalue weighted by Gasteiger charge is -2.40. The molecule has 156 valence electrons. The van der Waals surface area contributed by atoms with Crippen LogP contribution in [0.4, 0.5) is 0 Å². The number of hydrogen-bond acceptors (Lipinski definition) is 3. The maximum atomic E-state index is 13.5. The molecule has 28 heavy (non-hydrogen) atoms. The van der Waals surface area contributed by atoms with Gasteiger partial charge >= 0.3 is 0 Å². The molecule has 2 aliphatic rings. The van der Waals surface area contributed by atoms with Crippen molar-refractivity contribution in [1.82, 2.24) is 4.31 Å². The summed E-state index contributed by atoms with van der Waals surface area (Å²) in [6, 6.07) is 7.18. The van der Waals surface area contributed by atoms with Crippen LogP contribution in [0.3, 0.4) is 0 Å². The number of hydrogen-bond donors (Lipinski definition) is 0. The van der Waals surface area contributed by atoms with Gasteiger partial charge in [-0.15, -0.1) is 0 Å². The maximum absolute atomic E-state index is 13.5. The van der Waals surface area contributed by atoms with E-state index in [-0.39, 0.29) is 11.0 Å². The molecule has 0 unspecified atom stereocenters. The number of nitrogens with zero attached hydrogens (tertiary/aromatic N) is 1. The predicted octanol–water partition coefficient (Wildman–Crippen LogP) is 5.67. The van der Waals surface area contributed by atoms with E-state index in [2.05, 4.69) is 40.8 Å². The molecule has 0 radical (unpaired) electrons. The molecule has 0 amide bonds. The summed E-state index contributed by atoms with van der Waals surface area (Å²) in [7, 11) is -5.60. The van der Waals surface area contributed by atoms with Gasteiger partial charge in [-0.25, -0.2) is 8.42 Å². The molecule has 3 rings (SSSR count). The summed E-state index contributed by atoms with van der Waals surface area (Å²) in [5, 5.41) is 0.0817. The molecule has 1 heterocycles. The van der Waals surface area contributed by atoms with Crippen LogP contribution in [-0.2, 0) is 14.4 Å². The molecule has 0 saturated carbocycles. The first kappa shape index (κ1) is 21.4. The monoisotopic (exact) mass is 421 g/mol. The average molecular weight is 422 g/mol. The number of fused-ring (bicyclic) bond motifs is 1. The van der Waals surface area contributed by atoms with E-state index in [1.54, 1.807) is 16.4 Å². The van der Waals surface area contributed by atoms with E-state index < -0.39 is 18.3 Å². The van der Waals surface area contributed by atoms with Gasteiger partial charge < -0.3 is 4.43 Å². The van der Waals surface area contributed by atoms with Crippen molar-refractivity contribution >= 4 is 18.3 Å². The Morgan fingerprint density at radius 3 is 2.32 bits per heavy atom. The van der Waals surface area contributed by atoms with Crippen molar-refractivity contribution in [1.29, 1.82) is 0 Å². The van der Waals surface area contributed by atoms with Crippen LogP contribution in [0.2, 0.25) is 18.1 Å². The second-order valence-corrected chi connectivity index (χ2v) is 16.6. The molecule has 0 N–H and O–H groups in total. The Balaban J connectivity index is 2.06. The van der Waals surface area contributed by atoms with Gasteiger partial charge in [0.05, 0.1) is 16.4 Å². The van der Waals surface area contributed by atoms with Gasteiger partial charge in [-0.2, -0.15) is 0 Å². The molecule has 0 bridgehead atoms. The van der Waals surface area contributed by atoms with E-state index >= 15 is 0 Å². The summed E-state index contributed by atoms with van der Waals surface area (Å²) in [5.41, 5.74) is 1.99. The van der Waals surface area contributed by atoms with Crippen LogP contribution >= 0.6 is 0 Å². The van der Waals surface area contributed by atoms with Gasteiger partial charge in [-0.1, -0.05) is 45.4 Å². The molecule has 0 aromatic heterocycles. The van der Waals surface area contributed by atoms with Crippen LogP contribution in [0.15, 0.2) is 40.6 Å². The molecule has 1 saturated heterocycles. The zero-order valence-electron chi connectivity index (χ0n) is 18.4. The minimum atomic E-state index is -3.57. The second kappa shape index (κ2) is 7.20. The number of allylic oxidation sites excluding steroid dienone is 2. The third-order valence-electron chi connectivity index (χ3n) is 6.76. The molecule has 1 fully saturated rings. The van der Waals surface area contributed by atoms with E-state index in [4.69, 9.17) is 4.43 Å². The summed E-state index contributed by atoms with van der Waals surface area (Å²) in [5.74, 6) is 1.52. The predicted molar refractivity (Wildman–Crippen MR) is 117 cm³/mol. The molecule has 6 heteroatoms. The van der Waals surface area contributed by atoms with Crippen LogP contribution in [0.1, 0.15) is 52.5 Å². The first-order valence-electron chi connectivity index (χ1n) is 10.4. The molecule has 1 aromatic carbocycles. The molecule has 2 atom stereocenters. The Bertz CT molecular complexity index is 866. The van der Waals surface area contributed by atoms with E-state index in [1.165, 1.54) is 0 Å². The normalized spacial score (nSPS) is 23.8. The largest absolute Gasteiger partial charge is 0.545 e. The van der Waals surface area contributed by atoms with Crippen LogP contribution in [0.25, 0.3) is 0 Å². The van der Waals surface area contributed by atoms with Gasteiger partial charge in [0, 0.05) is 18.9 Å². The third kappa shape index (κ3) is 3.77. The standard InChI is InChI=1S/C22H35NO3SSi/c1-16-11-13-18(14-12-16)27(24,25)23-15-17(2)19-9-8-10-20(21(19)23)26-28(6,7)22(3,4)5/h11-14,17,19H,8-10,15H2,1-7H3/t17-,19-/m1/s1. The van der Waals surface area contributed by atoms with Crippen molar-refractivity contribution in [2.75, 3.05) is 6.54 Å². The van der Waals surface area contributed by atoms with Crippen molar-refractivity contribution < 1.29 is 12.8 Å². The zero-order valence-corrected chi connectivity index (χ0v) is 20.2. The van der Waals surface area contributed by atoms with Crippen molar-refractivity contribution in [3.8, 4) is 0 Å². The molecule has 1 aliphatic heterocycles. The van der Waals surface area contributed by atoms with Gasteiger partial charge in [0.25, 0.3) is 10.0 Å². The maximum Gasteiger partial charge on any atom is 0.264 e. The average Bonchev–Trinajstić information content (AvgIpc) is 2.93. The van der Waals surface area contributed by atoms with E-state index in [0.717, 1.165) is 36.3 Å². The SMILES string of the molecule is Cc1ccc(S(=O)(=O)N2C[C@@H](C)[C@H]3CCCC(O[Si](C)(C)C(C)(C)C)=C32)cc1. The van der Waals surface area contributed by atoms with Gasteiger partial charge in [0.2, 0.25) is 8.32 Å². The first-order valence-corrected chi connectivity index (χ1v) is 14.7. The summed E-state index contributed by atoms with van der Waals surface area (Å²) in [6.07, 6.45) is 2.95. The molecule has 1 aliphatic carbocycles. The molecular formula is C22H35NO3SSi.